The Labute approximate surface area is 143 Å². The van der Waals surface area contributed by atoms with Crippen LogP contribution in [0.25, 0.3) is 0 Å². The summed E-state index contributed by atoms with van der Waals surface area (Å²) in [4.78, 5) is 37.5. The summed E-state index contributed by atoms with van der Waals surface area (Å²) < 4.78 is 10.7. The molecule has 1 amide bonds. The van der Waals surface area contributed by atoms with Crippen LogP contribution in [0.4, 0.5) is 5.69 Å². The van der Waals surface area contributed by atoms with Crippen LogP contribution in [-0.4, -0.2) is 42.7 Å². The van der Waals surface area contributed by atoms with E-state index in [1.54, 1.807) is 43.3 Å². The van der Waals surface area contributed by atoms with E-state index < -0.39 is 35.5 Å². The monoisotopic (exact) mass is 342 g/mol. The van der Waals surface area contributed by atoms with Crippen LogP contribution >= 0.6 is 0 Å². The van der Waals surface area contributed by atoms with E-state index in [0.717, 1.165) is 0 Å². The summed E-state index contributed by atoms with van der Waals surface area (Å²) in [5.74, 6) is -3.75. The number of carbonyl (C=O) groups is 3. The third-order valence-corrected chi connectivity index (χ3v) is 5.06. The summed E-state index contributed by atoms with van der Waals surface area (Å²) in [7, 11) is 0. The van der Waals surface area contributed by atoms with E-state index in [2.05, 4.69) is 0 Å². The first-order chi connectivity index (χ1) is 12.0. The molecule has 4 atom stereocenters. The maximum Gasteiger partial charge on any atom is 0.338 e. The van der Waals surface area contributed by atoms with Crippen molar-refractivity contribution in [3.8, 4) is 0 Å². The fourth-order valence-electron chi connectivity index (χ4n) is 3.98. The molecule has 2 bridgehead atoms. The molecule has 7 nitrogen and oxygen atoms in total. The standard InChI is InChI=1S/C18H17NO6/c1-2-24-17(23)10-3-5-11(6-4-10)19-9-18-8-7-12(25-18)13(16(21)22)14(18)15(19)20/h3-8,12-14H,2,9H2,1H3,(H,21,22)/p-1/t12-,13-,14-,18-/m0/s1. The maximum absolute atomic E-state index is 12.8. The maximum atomic E-state index is 12.8. The van der Waals surface area contributed by atoms with Crippen LogP contribution in [0.15, 0.2) is 36.4 Å². The minimum absolute atomic E-state index is 0.242. The summed E-state index contributed by atoms with van der Waals surface area (Å²) in [5, 5.41) is 11.5. The third kappa shape index (κ3) is 2.19. The van der Waals surface area contributed by atoms with Crippen molar-refractivity contribution in [2.45, 2.75) is 18.6 Å². The van der Waals surface area contributed by atoms with E-state index in [1.807, 2.05) is 0 Å². The smallest absolute Gasteiger partial charge is 0.338 e. The first-order valence-electron chi connectivity index (χ1n) is 8.13. The average molecular weight is 342 g/mol. The van der Waals surface area contributed by atoms with Gasteiger partial charge >= 0.3 is 5.97 Å². The quantitative estimate of drug-likeness (QED) is 0.560. The molecule has 1 aromatic carbocycles. The lowest BCUT2D eigenvalue weighted by Gasteiger charge is -2.24. The predicted molar refractivity (Wildman–Crippen MR) is 83.5 cm³/mol. The Morgan fingerprint density at radius 3 is 2.72 bits per heavy atom. The Morgan fingerprint density at radius 1 is 1.36 bits per heavy atom. The molecule has 2 saturated heterocycles. The second-order valence-corrected chi connectivity index (χ2v) is 6.41. The number of nitrogens with zero attached hydrogens (tertiary/aromatic N) is 1. The zero-order chi connectivity index (χ0) is 17.8. The number of carboxylic acids is 1. The van der Waals surface area contributed by atoms with E-state index in [-0.39, 0.29) is 19.1 Å². The van der Waals surface area contributed by atoms with Crippen LogP contribution in [0.3, 0.4) is 0 Å². The van der Waals surface area contributed by atoms with Gasteiger partial charge in [0.2, 0.25) is 5.91 Å². The normalized spacial score (nSPS) is 32.1. The van der Waals surface area contributed by atoms with Crippen molar-refractivity contribution in [1.29, 1.82) is 0 Å². The molecule has 7 heteroatoms. The van der Waals surface area contributed by atoms with Gasteiger partial charge in [-0.1, -0.05) is 12.2 Å². The highest BCUT2D eigenvalue weighted by Gasteiger charge is 2.65. The molecule has 0 radical (unpaired) electrons. The molecule has 130 valence electrons. The van der Waals surface area contributed by atoms with Crippen molar-refractivity contribution in [3.05, 3.63) is 42.0 Å². The number of esters is 1. The molecule has 25 heavy (non-hydrogen) atoms. The molecular weight excluding hydrogens is 326 g/mol. The molecule has 3 heterocycles. The van der Waals surface area contributed by atoms with Gasteiger partial charge in [-0.15, -0.1) is 0 Å². The van der Waals surface area contributed by atoms with Gasteiger partial charge in [0, 0.05) is 17.6 Å². The van der Waals surface area contributed by atoms with Gasteiger partial charge in [0.25, 0.3) is 0 Å². The second kappa shape index (κ2) is 5.42. The molecule has 0 N–H and O–H groups in total. The van der Waals surface area contributed by atoms with Crippen LogP contribution in [0.5, 0.6) is 0 Å². The third-order valence-electron chi connectivity index (χ3n) is 5.06. The zero-order valence-corrected chi connectivity index (χ0v) is 13.5. The minimum atomic E-state index is -1.27. The number of benzene rings is 1. The largest absolute Gasteiger partial charge is 0.550 e. The van der Waals surface area contributed by atoms with Gasteiger partial charge in [0.1, 0.15) is 5.60 Å². The van der Waals surface area contributed by atoms with Crippen LogP contribution in [0, 0.1) is 11.8 Å². The van der Waals surface area contributed by atoms with E-state index >= 15 is 0 Å². The van der Waals surface area contributed by atoms with Gasteiger partial charge < -0.3 is 24.3 Å². The molecule has 0 saturated carbocycles. The number of ether oxygens (including phenoxy) is 2. The number of hydrogen-bond acceptors (Lipinski definition) is 6. The Morgan fingerprint density at radius 2 is 2.08 bits per heavy atom. The second-order valence-electron chi connectivity index (χ2n) is 6.41. The highest BCUT2D eigenvalue weighted by molar-refractivity contribution is 6.02. The van der Waals surface area contributed by atoms with E-state index in [9.17, 15) is 19.5 Å². The Balaban J connectivity index is 1.61. The van der Waals surface area contributed by atoms with Gasteiger partial charge in [0.15, 0.2) is 0 Å². The highest BCUT2D eigenvalue weighted by atomic mass is 16.5. The Bertz CT molecular complexity index is 785. The first kappa shape index (κ1) is 15.8. The number of amides is 1. The van der Waals surface area contributed by atoms with Crippen LogP contribution < -0.4 is 10.0 Å². The molecule has 2 fully saturated rings. The molecule has 0 aliphatic carbocycles. The molecule has 1 spiro atoms. The highest BCUT2D eigenvalue weighted by Crippen LogP contribution is 2.52. The number of anilines is 1. The SMILES string of the molecule is CCOC(=O)c1ccc(N2C[C@]34C=C[C@H](O3)[C@H](C(=O)[O-])[C@H]4C2=O)cc1. The molecular formula is C18H16NO6-. The molecule has 1 aromatic rings. The predicted octanol–water partition coefficient (Wildman–Crippen LogP) is -0.100. The molecule has 4 rings (SSSR count). The summed E-state index contributed by atoms with van der Waals surface area (Å²) in [5.41, 5.74) is 0.0615. The molecule has 3 aliphatic heterocycles. The fraction of sp³-hybridized carbons (Fsp3) is 0.389. The van der Waals surface area contributed by atoms with E-state index in [1.165, 1.54) is 4.90 Å². The topological polar surface area (TPSA) is 96.0 Å². The van der Waals surface area contributed by atoms with Crippen molar-refractivity contribution in [2.75, 3.05) is 18.1 Å². The van der Waals surface area contributed by atoms with Gasteiger partial charge in [-0.2, -0.15) is 0 Å². The van der Waals surface area contributed by atoms with Gasteiger partial charge in [-0.3, -0.25) is 4.79 Å². The van der Waals surface area contributed by atoms with Crippen LogP contribution in [0.1, 0.15) is 17.3 Å². The zero-order valence-electron chi connectivity index (χ0n) is 13.5. The molecule has 0 aromatic heterocycles. The van der Waals surface area contributed by atoms with Crippen LogP contribution in [-0.2, 0) is 19.1 Å². The van der Waals surface area contributed by atoms with Crippen molar-refractivity contribution in [1.82, 2.24) is 0 Å². The number of carboxylic acid groups (broad SMARTS) is 1. The lowest BCUT2D eigenvalue weighted by Crippen LogP contribution is -2.45. The summed E-state index contributed by atoms with van der Waals surface area (Å²) >= 11 is 0. The number of carbonyl (C=O) groups excluding carboxylic acids is 3. The fourth-order valence-corrected chi connectivity index (χ4v) is 3.98. The summed E-state index contributed by atoms with van der Waals surface area (Å²) in [6.45, 7) is 2.25. The van der Waals surface area contributed by atoms with Crippen molar-refractivity contribution < 1.29 is 29.0 Å². The Hall–Kier alpha value is -2.67. The molecule has 0 unspecified atom stereocenters. The van der Waals surface area contributed by atoms with Crippen molar-refractivity contribution in [2.24, 2.45) is 11.8 Å². The van der Waals surface area contributed by atoms with Crippen molar-refractivity contribution >= 4 is 23.5 Å². The van der Waals surface area contributed by atoms with E-state index in [4.69, 9.17) is 9.47 Å². The number of aliphatic carboxylic acids is 1. The van der Waals surface area contributed by atoms with Gasteiger partial charge in [0.05, 0.1) is 30.7 Å². The number of rotatable bonds is 4. The van der Waals surface area contributed by atoms with Gasteiger partial charge in [-0.05, 0) is 31.2 Å². The average Bonchev–Trinajstić information content (AvgIpc) is 3.23. The molecule has 3 aliphatic rings. The minimum Gasteiger partial charge on any atom is -0.550 e. The number of hydrogen-bond donors (Lipinski definition) is 0. The van der Waals surface area contributed by atoms with E-state index in [0.29, 0.717) is 11.3 Å². The number of fused-ring (bicyclic) bond motifs is 1. The summed E-state index contributed by atoms with van der Waals surface area (Å²) in [6.07, 6.45) is 2.87. The lowest BCUT2D eigenvalue weighted by atomic mass is 9.77. The summed E-state index contributed by atoms with van der Waals surface area (Å²) in [6, 6.07) is 6.45. The lowest BCUT2D eigenvalue weighted by molar-refractivity contribution is -0.313. The van der Waals surface area contributed by atoms with Gasteiger partial charge in [-0.25, -0.2) is 4.79 Å². The Kier molecular flexibility index (Phi) is 3.43. The van der Waals surface area contributed by atoms with Crippen LogP contribution in [0.2, 0.25) is 0 Å². The first-order valence-corrected chi connectivity index (χ1v) is 8.13. The van der Waals surface area contributed by atoms with Crippen molar-refractivity contribution in [3.63, 3.8) is 0 Å².